The third-order valence-corrected chi connectivity index (χ3v) is 9.34. The second kappa shape index (κ2) is 23.3. The number of nitrogens with zero attached hydrogens (tertiary/aromatic N) is 7. The maximum Gasteiger partial charge on any atom is 0.167 e. The summed E-state index contributed by atoms with van der Waals surface area (Å²) < 4.78 is 3.25. The topological polar surface area (TPSA) is 174 Å². The van der Waals surface area contributed by atoms with Gasteiger partial charge in [0.25, 0.3) is 0 Å². The number of hydrogen-bond donors (Lipinski definition) is 3. The number of Topliss-reactive ketones (excluding diaryl/α,β-unsaturated/α-hetero) is 1. The smallest absolute Gasteiger partial charge is 0.167 e. The van der Waals surface area contributed by atoms with Gasteiger partial charge in [-0.25, -0.2) is 15.0 Å². The van der Waals surface area contributed by atoms with Crippen LogP contribution in [0, 0.1) is 13.8 Å². The van der Waals surface area contributed by atoms with Crippen molar-refractivity contribution in [2.24, 2.45) is 0 Å². The number of aromatic nitrogens is 7. The van der Waals surface area contributed by atoms with Crippen molar-refractivity contribution in [1.82, 2.24) is 34.2 Å². The van der Waals surface area contributed by atoms with Gasteiger partial charge in [0, 0.05) is 53.0 Å². The summed E-state index contributed by atoms with van der Waals surface area (Å²) in [6.45, 7) is 3.82. The van der Waals surface area contributed by atoms with Gasteiger partial charge in [-0.05, 0) is 42.2 Å². The normalized spacial score (nSPS) is 10.5. The third-order valence-electron chi connectivity index (χ3n) is 9.34. The summed E-state index contributed by atoms with van der Waals surface area (Å²) in [6, 6.07) is 40.7. The summed E-state index contributed by atoms with van der Waals surface area (Å²) in [6.07, 6.45) is 4.38. The minimum absolute atomic E-state index is 0. The minimum atomic E-state index is 0. The van der Waals surface area contributed by atoms with Gasteiger partial charge in [0.1, 0.15) is 5.82 Å². The molecule has 4 aromatic carbocycles. The van der Waals surface area contributed by atoms with Crippen LogP contribution in [0.1, 0.15) is 56.2 Å². The van der Waals surface area contributed by atoms with Crippen molar-refractivity contribution in [2.75, 3.05) is 5.73 Å². The summed E-state index contributed by atoms with van der Waals surface area (Å²) in [5, 5.41) is 27.9. The zero-order valence-corrected chi connectivity index (χ0v) is 39.5. The molecule has 0 atom stereocenters. The van der Waals surface area contributed by atoms with Gasteiger partial charge in [0.05, 0.1) is 35.9 Å². The largest absolute Gasteiger partial charge is 0.392 e. The summed E-state index contributed by atoms with van der Waals surface area (Å²) >= 11 is 5.30. The molecule has 9 rings (SSSR count). The molecule has 0 aliphatic heterocycles. The van der Waals surface area contributed by atoms with E-state index in [2.05, 4.69) is 75.6 Å². The molecule has 0 spiro atoms. The van der Waals surface area contributed by atoms with Crippen LogP contribution in [-0.2, 0) is 19.6 Å². The van der Waals surface area contributed by atoms with E-state index in [9.17, 15) is 14.7 Å². The Balaban J connectivity index is 0.000000183. The molecule has 0 fully saturated rings. The summed E-state index contributed by atoms with van der Waals surface area (Å²) in [5.74, 6) is 0.425. The van der Waals surface area contributed by atoms with Crippen LogP contribution in [0.3, 0.4) is 0 Å². The number of carbonyl (C=O) groups excluding carboxylic acids is 2. The van der Waals surface area contributed by atoms with Gasteiger partial charge >= 0.3 is 50.5 Å². The number of fused-ring (bicyclic) bond motifs is 4. The van der Waals surface area contributed by atoms with E-state index >= 15 is 0 Å². The second-order valence-electron chi connectivity index (χ2n) is 13.6. The second-order valence-corrected chi connectivity index (χ2v) is 29.8. The molecule has 318 valence electrons. The van der Waals surface area contributed by atoms with Crippen molar-refractivity contribution in [3.05, 3.63) is 179 Å². The van der Waals surface area contributed by atoms with Crippen molar-refractivity contribution in [3.8, 4) is 22.4 Å². The van der Waals surface area contributed by atoms with Crippen LogP contribution in [0.5, 0.6) is 0 Å². The molecule has 0 amide bonds. The number of nitrogens with two attached hydrogens (primary N) is 1. The SMILES string of the molecule is C.Cc1cc2ncc(C=O)c(N)n2n1.Cc1cc2ncc3cc(-c4ccccc4)c(-c4ccc(CO)cc4)nc3n2n1.I[I-]I.O=C(Cc1ccccc1)c1ccc(CO)cc1. The number of nitrogen functional groups attached to an aromatic ring is 1. The summed E-state index contributed by atoms with van der Waals surface area (Å²) in [4.78, 5) is 36.0. The van der Waals surface area contributed by atoms with E-state index in [0.717, 1.165) is 67.1 Å². The number of halogens is 3. The molecule has 0 saturated carbocycles. The Morgan fingerprint density at radius 1 is 0.710 bits per heavy atom. The molecule has 15 heteroatoms. The molecule has 0 unspecified atom stereocenters. The van der Waals surface area contributed by atoms with E-state index in [1.807, 2.05) is 98.9 Å². The number of aryl methyl sites for hydroxylation is 2. The molecule has 4 N–H and O–H groups in total. The van der Waals surface area contributed by atoms with Gasteiger partial charge in [0.2, 0.25) is 0 Å². The number of ketones is 1. The van der Waals surface area contributed by atoms with Crippen molar-refractivity contribution in [2.45, 2.75) is 40.9 Å². The molecule has 0 saturated heterocycles. The molecule has 0 aliphatic carbocycles. The molecule has 0 aliphatic rings. The average molecular weight is 1170 g/mol. The van der Waals surface area contributed by atoms with E-state index in [1.54, 1.807) is 34.8 Å². The standard InChI is InChI=1S/C23H18N4O.C15H14O2.C8H8N4O.CH4.I3/c1-15-11-21-24-13-19-12-20(17-5-3-2-4-6-17)22(25-23(19)27(21)26-15)18-9-7-16(14-28)8-10-18;16-11-13-6-8-14(9-7-13)15(17)10-12-4-2-1-3-5-12;1-5-2-7-10-3-6(4-13)8(9)12(7)11-5;;1-3-2/h2-13,28H,14H2,1H3;1-9,16H,10-11H2;2-4H,9H2,1H3;1H4;/q;;;;-1. The fraction of sp³-hybridized carbons (Fsp3) is 0.128. The van der Waals surface area contributed by atoms with Crippen molar-refractivity contribution >= 4 is 77.4 Å². The fourth-order valence-corrected chi connectivity index (χ4v) is 6.33. The Labute approximate surface area is 389 Å². The predicted octanol–water partition coefficient (Wildman–Crippen LogP) is 6.86. The number of anilines is 1. The van der Waals surface area contributed by atoms with Crippen LogP contribution in [0.2, 0.25) is 0 Å². The van der Waals surface area contributed by atoms with Crippen molar-refractivity contribution < 1.29 is 33.1 Å². The van der Waals surface area contributed by atoms with Crippen LogP contribution in [0.4, 0.5) is 5.82 Å². The number of aliphatic hydroxyl groups excluding tert-OH is 2. The fourth-order valence-electron chi connectivity index (χ4n) is 6.33. The van der Waals surface area contributed by atoms with Gasteiger partial charge in [-0.1, -0.05) is 117 Å². The molecule has 0 bridgehead atoms. The van der Waals surface area contributed by atoms with Gasteiger partial charge in [-0.2, -0.15) is 19.2 Å². The number of pyridine rings is 1. The number of aliphatic hydroxyl groups is 2. The Bertz CT molecular complexity index is 2870. The first kappa shape index (κ1) is 47.8. The number of rotatable bonds is 8. The molecular formula is C47H44I3N8O4-. The van der Waals surface area contributed by atoms with Crippen LogP contribution < -0.4 is 19.0 Å². The molecule has 0 radical (unpaired) electrons. The van der Waals surface area contributed by atoms with Crippen LogP contribution in [0.15, 0.2) is 140 Å². The molecule has 5 heterocycles. The maximum absolute atomic E-state index is 12.0. The van der Waals surface area contributed by atoms with Gasteiger partial charge in [-0.15, -0.1) is 0 Å². The van der Waals surface area contributed by atoms with Crippen molar-refractivity contribution in [1.29, 1.82) is 0 Å². The Hall–Kier alpha value is -5.22. The number of hydrogen-bond acceptors (Lipinski definition) is 10. The first-order valence-corrected chi connectivity index (χ1v) is 31.3. The number of benzene rings is 4. The predicted molar refractivity (Wildman–Crippen MR) is 259 cm³/mol. The maximum atomic E-state index is 12.0. The van der Waals surface area contributed by atoms with E-state index in [-0.39, 0.29) is 26.4 Å². The number of carbonyl (C=O) groups is 2. The van der Waals surface area contributed by atoms with Gasteiger partial charge in [-0.3, -0.25) is 9.59 Å². The molecule has 9 aromatic rings. The summed E-state index contributed by atoms with van der Waals surface area (Å²) in [5.41, 5.74) is 17.4. The average Bonchev–Trinajstić information content (AvgIpc) is 3.89. The minimum Gasteiger partial charge on any atom is -0.392 e. The van der Waals surface area contributed by atoms with E-state index < -0.39 is 0 Å². The molecule has 62 heavy (non-hydrogen) atoms. The van der Waals surface area contributed by atoms with E-state index in [0.29, 0.717) is 48.6 Å². The quantitative estimate of drug-likeness (QED) is 0.0829. The first-order valence-electron chi connectivity index (χ1n) is 18.8. The third kappa shape index (κ3) is 12.0. The van der Waals surface area contributed by atoms with Crippen molar-refractivity contribution in [3.63, 3.8) is 0 Å². The molecular weight excluding hydrogens is 1120 g/mol. The zero-order valence-electron chi connectivity index (χ0n) is 33.0. The zero-order chi connectivity index (χ0) is 43.3. The Morgan fingerprint density at radius 2 is 1.24 bits per heavy atom. The van der Waals surface area contributed by atoms with Crippen LogP contribution in [0.25, 0.3) is 44.7 Å². The Morgan fingerprint density at radius 3 is 1.82 bits per heavy atom. The summed E-state index contributed by atoms with van der Waals surface area (Å²) in [7, 11) is 0. The number of aldehydes is 1. The first-order chi connectivity index (χ1) is 29.7. The van der Waals surface area contributed by atoms with E-state index in [4.69, 9.17) is 15.8 Å². The molecule has 5 aromatic heterocycles. The monoisotopic (exact) mass is 1170 g/mol. The molecule has 12 nitrogen and oxygen atoms in total. The Kier molecular flexibility index (Phi) is 18.0. The van der Waals surface area contributed by atoms with E-state index in [1.165, 1.54) is 10.7 Å². The van der Waals surface area contributed by atoms with Crippen LogP contribution in [-0.4, -0.2) is 56.5 Å². The van der Waals surface area contributed by atoms with Gasteiger partial charge in [0.15, 0.2) is 29.0 Å². The van der Waals surface area contributed by atoms with Gasteiger partial charge < -0.3 is 15.9 Å². The van der Waals surface area contributed by atoms with Crippen LogP contribution >= 0.6 is 37.2 Å².